The second-order valence-corrected chi connectivity index (χ2v) is 5.38. The van der Waals surface area contributed by atoms with Crippen LogP contribution in [0.25, 0.3) is 0 Å². The topological polar surface area (TPSA) is 32.3 Å². The summed E-state index contributed by atoms with van der Waals surface area (Å²) in [6.45, 7) is 5.01. The number of nitrogens with one attached hydrogen (secondary N) is 1. The average Bonchev–Trinajstić information content (AvgIpc) is 2.48. The maximum absolute atomic E-state index is 13.6. The fraction of sp³-hybridized carbons (Fsp3) is 0.333. The molecular formula is C18H22FNO. The minimum Gasteiger partial charge on any atom is -0.508 e. The molecule has 0 saturated carbocycles. The first kappa shape index (κ1) is 15.5. The molecule has 1 atom stereocenters. The maximum Gasteiger partial charge on any atom is 0.123 e. The molecule has 0 aromatic heterocycles. The van der Waals surface area contributed by atoms with Gasteiger partial charge in [0.15, 0.2) is 0 Å². The molecule has 0 fully saturated rings. The van der Waals surface area contributed by atoms with Gasteiger partial charge in [-0.15, -0.1) is 0 Å². The Balaban J connectivity index is 2.25. The van der Waals surface area contributed by atoms with E-state index >= 15 is 0 Å². The van der Waals surface area contributed by atoms with Gasteiger partial charge in [-0.25, -0.2) is 4.39 Å². The van der Waals surface area contributed by atoms with Gasteiger partial charge in [0.1, 0.15) is 11.6 Å². The lowest BCUT2D eigenvalue weighted by atomic mass is 9.95. The van der Waals surface area contributed by atoms with Crippen LogP contribution in [0.3, 0.4) is 0 Å². The van der Waals surface area contributed by atoms with E-state index < -0.39 is 0 Å². The van der Waals surface area contributed by atoms with Crippen LogP contribution < -0.4 is 5.32 Å². The van der Waals surface area contributed by atoms with Gasteiger partial charge < -0.3 is 10.4 Å². The molecule has 2 nitrogen and oxygen atoms in total. The van der Waals surface area contributed by atoms with Crippen LogP contribution in [0.15, 0.2) is 42.5 Å². The molecule has 0 saturated heterocycles. The van der Waals surface area contributed by atoms with Crippen molar-refractivity contribution in [2.45, 2.75) is 32.7 Å². The van der Waals surface area contributed by atoms with Crippen LogP contribution in [0.1, 0.15) is 36.1 Å². The molecule has 1 unspecified atom stereocenters. The second kappa shape index (κ2) is 7.23. The zero-order valence-corrected chi connectivity index (χ0v) is 12.6. The van der Waals surface area contributed by atoms with Crippen LogP contribution in [0.5, 0.6) is 5.75 Å². The maximum atomic E-state index is 13.6. The fourth-order valence-electron chi connectivity index (χ4n) is 2.47. The summed E-state index contributed by atoms with van der Waals surface area (Å²) in [5.41, 5.74) is 3.20. The third-order valence-electron chi connectivity index (χ3n) is 3.63. The summed E-state index contributed by atoms with van der Waals surface area (Å²) in [6.07, 6.45) is 1.80. The molecule has 0 heterocycles. The molecular weight excluding hydrogens is 265 g/mol. The number of phenols is 1. The predicted molar refractivity (Wildman–Crippen MR) is 84.0 cm³/mol. The zero-order valence-electron chi connectivity index (χ0n) is 12.6. The van der Waals surface area contributed by atoms with Crippen molar-refractivity contribution < 1.29 is 9.50 Å². The van der Waals surface area contributed by atoms with Crippen molar-refractivity contribution in [3.8, 4) is 5.75 Å². The Morgan fingerprint density at radius 3 is 2.52 bits per heavy atom. The molecule has 0 aliphatic heterocycles. The highest BCUT2D eigenvalue weighted by atomic mass is 19.1. The van der Waals surface area contributed by atoms with E-state index in [-0.39, 0.29) is 17.6 Å². The molecule has 0 aliphatic carbocycles. The molecule has 2 aromatic rings. The number of hydrogen-bond acceptors (Lipinski definition) is 2. The number of phenolic OH excluding ortho intramolecular Hbond substituents is 1. The molecule has 0 spiro atoms. The van der Waals surface area contributed by atoms with Crippen LogP contribution >= 0.6 is 0 Å². The van der Waals surface area contributed by atoms with Crippen molar-refractivity contribution >= 4 is 0 Å². The van der Waals surface area contributed by atoms with Gasteiger partial charge in [0.25, 0.3) is 0 Å². The first-order valence-corrected chi connectivity index (χ1v) is 7.37. The molecule has 0 bridgehead atoms. The molecule has 0 radical (unpaired) electrons. The molecule has 2 rings (SSSR count). The number of hydrogen-bond donors (Lipinski definition) is 2. The van der Waals surface area contributed by atoms with Crippen molar-refractivity contribution in [3.63, 3.8) is 0 Å². The summed E-state index contributed by atoms with van der Waals surface area (Å²) >= 11 is 0. The monoisotopic (exact) mass is 287 g/mol. The summed E-state index contributed by atoms with van der Waals surface area (Å²) in [4.78, 5) is 0. The van der Waals surface area contributed by atoms with Crippen molar-refractivity contribution in [3.05, 3.63) is 65.0 Å². The summed E-state index contributed by atoms with van der Waals surface area (Å²) in [5.74, 6) is 0.0587. The smallest absolute Gasteiger partial charge is 0.123 e. The first-order chi connectivity index (χ1) is 10.1. The van der Waals surface area contributed by atoms with E-state index in [9.17, 15) is 9.50 Å². The SMILES string of the molecule is CCCNC(Cc1ccc(O)cc1)c1cc(F)ccc1C. The number of aryl methyl sites for hydroxylation is 1. The lowest BCUT2D eigenvalue weighted by Gasteiger charge is -2.21. The van der Waals surface area contributed by atoms with Gasteiger partial charge in [0.2, 0.25) is 0 Å². The van der Waals surface area contributed by atoms with E-state index in [2.05, 4.69) is 12.2 Å². The number of aromatic hydroxyl groups is 1. The van der Waals surface area contributed by atoms with E-state index in [1.165, 1.54) is 6.07 Å². The zero-order chi connectivity index (χ0) is 15.2. The Bertz CT molecular complexity index is 580. The Hall–Kier alpha value is -1.87. The fourth-order valence-corrected chi connectivity index (χ4v) is 2.47. The Labute approximate surface area is 125 Å². The normalized spacial score (nSPS) is 12.3. The average molecular weight is 287 g/mol. The number of rotatable bonds is 6. The molecule has 3 heteroatoms. The Morgan fingerprint density at radius 1 is 1.14 bits per heavy atom. The van der Waals surface area contributed by atoms with Crippen molar-refractivity contribution in [2.75, 3.05) is 6.54 Å². The van der Waals surface area contributed by atoms with Crippen molar-refractivity contribution in [1.82, 2.24) is 5.32 Å². The van der Waals surface area contributed by atoms with E-state index in [1.54, 1.807) is 18.2 Å². The van der Waals surface area contributed by atoms with Crippen LogP contribution in [0.2, 0.25) is 0 Å². The summed E-state index contributed by atoms with van der Waals surface area (Å²) in [7, 11) is 0. The minimum absolute atomic E-state index is 0.0743. The molecule has 21 heavy (non-hydrogen) atoms. The van der Waals surface area contributed by atoms with Crippen LogP contribution in [0.4, 0.5) is 4.39 Å². The third-order valence-corrected chi connectivity index (χ3v) is 3.63. The third kappa shape index (κ3) is 4.30. The number of benzene rings is 2. The molecule has 0 amide bonds. The lowest BCUT2D eigenvalue weighted by molar-refractivity contribution is 0.474. The first-order valence-electron chi connectivity index (χ1n) is 7.37. The quantitative estimate of drug-likeness (QED) is 0.837. The van der Waals surface area contributed by atoms with Gasteiger partial charge in [-0.2, -0.15) is 0 Å². The highest BCUT2D eigenvalue weighted by Gasteiger charge is 2.14. The largest absolute Gasteiger partial charge is 0.508 e. The Morgan fingerprint density at radius 2 is 1.86 bits per heavy atom. The number of halogens is 1. The molecule has 2 aromatic carbocycles. The van der Waals surface area contributed by atoms with Gasteiger partial charge in [0, 0.05) is 6.04 Å². The van der Waals surface area contributed by atoms with Gasteiger partial charge in [0.05, 0.1) is 0 Å². The predicted octanol–water partition coefficient (Wildman–Crippen LogP) is 4.12. The standard InChI is InChI=1S/C18H22FNO/c1-3-10-20-18(11-14-5-8-16(21)9-6-14)17-12-15(19)7-4-13(17)2/h4-9,12,18,20-21H,3,10-11H2,1-2H3. The highest BCUT2D eigenvalue weighted by Crippen LogP contribution is 2.23. The van der Waals surface area contributed by atoms with E-state index in [1.807, 2.05) is 25.1 Å². The van der Waals surface area contributed by atoms with Crippen molar-refractivity contribution in [1.29, 1.82) is 0 Å². The molecule has 112 valence electrons. The van der Waals surface area contributed by atoms with Gasteiger partial charge in [-0.05, 0) is 67.3 Å². The van der Waals surface area contributed by atoms with Gasteiger partial charge >= 0.3 is 0 Å². The van der Waals surface area contributed by atoms with E-state index in [0.29, 0.717) is 0 Å². The Kier molecular flexibility index (Phi) is 5.34. The summed E-state index contributed by atoms with van der Waals surface area (Å²) in [5, 5.41) is 12.9. The van der Waals surface area contributed by atoms with E-state index in [0.717, 1.165) is 36.1 Å². The molecule has 0 aliphatic rings. The highest BCUT2D eigenvalue weighted by molar-refractivity contribution is 5.32. The summed E-state index contributed by atoms with van der Waals surface area (Å²) in [6, 6.07) is 12.2. The van der Waals surface area contributed by atoms with Gasteiger partial charge in [-0.3, -0.25) is 0 Å². The van der Waals surface area contributed by atoms with Crippen molar-refractivity contribution in [2.24, 2.45) is 0 Å². The van der Waals surface area contributed by atoms with Crippen LogP contribution in [-0.4, -0.2) is 11.7 Å². The van der Waals surface area contributed by atoms with E-state index in [4.69, 9.17) is 0 Å². The van der Waals surface area contributed by atoms with Crippen LogP contribution in [0, 0.1) is 12.7 Å². The second-order valence-electron chi connectivity index (χ2n) is 5.38. The minimum atomic E-state index is -0.204. The molecule has 2 N–H and O–H groups in total. The van der Waals surface area contributed by atoms with Crippen LogP contribution in [-0.2, 0) is 6.42 Å². The van der Waals surface area contributed by atoms with Gasteiger partial charge in [-0.1, -0.05) is 25.1 Å². The lowest BCUT2D eigenvalue weighted by Crippen LogP contribution is -2.25. The summed E-state index contributed by atoms with van der Waals surface area (Å²) < 4.78 is 13.6.